The van der Waals surface area contributed by atoms with Gasteiger partial charge in [0.25, 0.3) is 0 Å². The number of carboxylic acid groups (broad SMARTS) is 1. The molecule has 3 N–H and O–H groups in total. The Morgan fingerprint density at radius 3 is 2.85 bits per heavy atom. The standard InChI is InChI=1S/C8H9N3O2/c9-8-10-3-5(7(12)13)6(11-8)4-1-2-4/h3-4H,1-2H2,(H,12,13)(H2,9,10,11). The second kappa shape index (κ2) is 2.69. The number of nitrogens with zero attached hydrogens (tertiary/aromatic N) is 2. The number of carbonyl (C=O) groups is 1. The molecule has 0 spiro atoms. The van der Waals surface area contributed by atoms with Crippen LogP contribution in [0.3, 0.4) is 0 Å². The van der Waals surface area contributed by atoms with Crippen LogP contribution < -0.4 is 5.73 Å². The van der Waals surface area contributed by atoms with Gasteiger partial charge in [0, 0.05) is 12.1 Å². The van der Waals surface area contributed by atoms with Gasteiger partial charge in [0.1, 0.15) is 0 Å². The molecule has 1 aliphatic rings. The summed E-state index contributed by atoms with van der Waals surface area (Å²) < 4.78 is 0. The van der Waals surface area contributed by atoms with Gasteiger partial charge in [-0.3, -0.25) is 0 Å². The van der Waals surface area contributed by atoms with Gasteiger partial charge in [-0.2, -0.15) is 0 Å². The van der Waals surface area contributed by atoms with Crippen LogP contribution >= 0.6 is 0 Å². The lowest BCUT2D eigenvalue weighted by molar-refractivity contribution is 0.0694. The topological polar surface area (TPSA) is 89.1 Å². The molecule has 1 aliphatic carbocycles. The number of hydrogen-bond acceptors (Lipinski definition) is 4. The minimum atomic E-state index is -0.984. The lowest BCUT2D eigenvalue weighted by atomic mass is 10.1. The largest absolute Gasteiger partial charge is 0.478 e. The SMILES string of the molecule is Nc1ncc(C(=O)O)c(C2CC2)n1. The van der Waals surface area contributed by atoms with Crippen LogP contribution in [0.2, 0.25) is 0 Å². The Balaban J connectivity index is 2.47. The average Bonchev–Trinajstić information content (AvgIpc) is 2.85. The summed E-state index contributed by atoms with van der Waals surface area (Å²) in [7, 11) is 0. The molecule has 1 heterocycles. The molecule has 0 atom stereocenters. The van der Waals surface area contributed by atoms with E-state index in [9.17, 15) is 4.79 Å². The molecule has 1 aromatic rings. The van der Waals surface area contributed by atoms with E-state index in [2.05, 4.69) is 9.97 Å². The summed E-state index contributed by atoms with van der Waals surface area (Å²) in [5, 5.41) is 8.81. The molecule has 1 saturated carbocycles. The highest BCUT2D eigenvalue weighted by atomic mass is 16.4. The highest BCUT2D eigenvalue weighted by molar-refractivity contribution is 5.88. The predicted molar refractivity (Wildman–Crippen MR) is 45.4 cm³/mol. The second-order valence-electron chi connectivity index (χ2n) is 3.11. The zero-order valence-electron chi connectivity index (χ0n) is 6.90. The molecular weight excluding hydrogens is 170 g/mol. The summed E-state index contributed by atoms with van der Waals surface area (Å²) in [6, 6.07) is 0. The molecule has 5 nitrogen and oxygen atoms in total. The van der Waals surface area contributed by atoms with E-state index in [4.69, 9.17) is 10.8 Å². The summed E-state index contributed by atoms with van der Waals surface area (Å²) in [5.74, 6) is -0.565. The number of hydrogen-bond donors (Lipinski definition) is 2. The van der Waals surface area contributed by atoms with Crippen LogP contribution in [0.4, 0.5) is 5.95 Å². The Labute approximate surface area is 74.6 Å². The molecule has 1 fully saturated rings. The first kappa shape index (κ1) is 7.97. The Bertz CT molecular complexity index is 360. The number of rotatable bonds is 2. The second-order valence-corrected chi connectivity index (χ2v) is 3.11. The molecular formula is C8H9N3O2. The first-order valence-electron chi connectivity index (χ1n) is 4.04. The normalized spacial score (nSPS) is 15.7. The lowest BCUT2D eigenvalue weighted by Gasteiger charge is -2.02. The third-order valence-electron chi connectivity index (χ3n) is 2.03. The van der Waals surface area contributed by atoms with Gasteiger partial charge < -0.3 is 10.8 Å². The molecule has 68 valence electrons. The van der Waals surface area contributed by atoms with Crippen LogP contribution in [0.15, 0.2) is 6.20 Å². The molecule has 13 heavy (non-hydrogen) atoms. The zero-order chi connectivity index (χ0) is 9.42. The van der Waals surface area contributed by atoms with Crippen LogP contribution in [0.25, 0.3) is 0 Å². The number of nitrogen functional groups attached to an aromatic ring is 1. The Hall–Kier alpha value is -1.65. The third-order valence-corrected chi connectivity index (χ3v) is 2.03. The minimum Gasteiger partial charge on any atom is -0.478 e. The van der Waals surface area contributed by atoms with Crippen LogP contribution in [0, 0.1) is 0 Å². The van der Waals surface area contributed by atoms with Crippen molar-refractivity contribution in [3.8, 4) is 0 Å². The number of carboxylic acids is 1. The van der Waals surface area contributed by atoms with Crippen LogP contribution in [-0.4, -0.2) is 21.0 Å². The van der Waals surface area contributed by atoms with Crippen molar-refractivity contribution in [2.45, 2.75) is 18.8 Å². The zero-order valence-corrected chi connectivity index (χ0v) is 6.90. The van der Waals surface area contributed by atoms with Crippen molar-refractivity contribution in [3.63, 3.8) is 0 Å². The molecule has 0 aliphatic heterocycles. The van der Waals surface area contributed by atoms with Crippen molar-refractivity contribution in [3.05, 3.63) is 17.5 Å². The molecule has 0 unspecified atom stereocenters. The summed E-state index contributed by atoms with van der Waals surface area (Å²) in [5.41, 5.74) is 6.14. The molecule has 0 radical (unpaired) electrons. The van der Waals surface area contributed by atoms with Crippen molar-refractivity contribution in [1.29, 1.82) is 0 Å². The van der Waals surface area contributed by atoms with Gasteiger partial charge in [0.15, 0.2) is 0 Å². The van der Waals surface area contributed by atoms with Crippen molar-refractivity contribution in [2.75, 3.05) is 5.73 Å². The Morgan fingerprint density at radius 1 is 1.62 bits per heavy atom. The minimum absolute atomic E-state index is 0.145. The number of aromatic carboxylic acids is 1. The molecule has 0 amide bonds. The van der Waals surface area contributed by atoms with Gasteiger partial charge >= 0.3 is 5.97 Å². The van der Waals surface area contributed by atoms with Crippen LogP contribution in [0.1, 0.15) is 34.8 Å². The maximum absolute atomic E-state index is 10.7. The highest BCUT2D eigenvalue weighted by Crippen LogP contribution is 2.40. The van der Waals surface area contributed by atoms with Crippen molar-refractivity contribution in [2.24, 2.45) is 0 Å². The van der Waals surface area contributed by atoms with Gasteiger partial charge in [0.2, 0.25) is 5.95 Å². The highest BCUT2D eigenvalue weighted by Gasteiger charge is 2.30. The van der Waals surface area contributed by atoms with Gasteiger partial charge in [0.05, 0.1) is 11.3 Å². The van der Waals surface area contributed by atoms with Crippen LogP contribution in [-0.2, 0) is 0 Å². The van der Waals surface area contributed by atoms with E-state index in [1.165, 1.54) is 6.20 Å². The van der Waals surface area contributed by atoms with Gasteiger partial charge in [-0.05, 0) is 12.8 Å². The fourth-order valence-electron chi connectivity index (χ4n) is 1.24. The monoisotopic (exact) mass is 179 g/mol. The fourth-order valence-corrected chi connectivity index (χ4v) is 1.24. The van der Waals surface area contributed by atoms with E-state index in [0.29, 0.717) is 5.69 Å². The average molecular weight is 179 g/mol. The fraction of sp³-hybridized carbons (Fsp3) is 0.375. The van der Waals surface area contributed by atoms with Crippen LogP contribution in [0.5, 0.6) is 0 Å². The van der Waals surface area contributed by atoms with Gasteiger partial charge in [-0.15, -0.1) is 0 Å². The van der Waals surface area contributed by atoms with Crippen molar-refractivity contribution in [1.82, 2.24) is 9.97 Å². The molecule has 2 rings (SSSR count). The van der Waals surface area contributed by atoms with E-state index in [1.807, 2.05) is 0 Å². The van der Waals surface area contributed by atoms with E-state index >= 15 is 0 Å². The number of anilines is 1. The molecule has 0 aromatic carbocycles. The first-order valence-corrected chi connectivity index (χ1v) is 4.04. The summed E-state index contributed by atoms with van der Waals surface area (Å²) in [6.07, 6.45) is 3.27. The predicted octanol–water partition coefficient (Wildman–Crippen LogP) is 0.634. The molecule has 0 bridgehead atoms. The smallest absolute Gasteiger partial charge is 0.339 e. The molecule has 1 aromatic heterocycles. The quantitative estimate of drug-likeness (QED) is 0.695. The lowest BCUT2D eigenvalue weighted by Crippen LogP contribution is -2.07. The van der Waals surface area contributed by atoms with Crippen molar-refractivity contribution >= 4 is 11.9 Å². The Morgan fingerprint density at radius 2 is 2.31 bits per heavy atom. The maximum Gasteiger partial charge on any atom is 0.339 e. The van der Waals surface area contributed by atoms with Gasteiger partial charge in [-0.25, -0.2) is 14.8 Å². The van der Waals surface area contributed by atoms with E-state index in [0.717, 1.165) is 12.8 Å². The summed E-state index contributed by atoms with van der Waals surface area (Å²) >= 11 is 0. The summed E-state index contributed by atoms with van der Waals surface area (Å²) in [6.45, 7) is 0. The number of nitrogens with two attached hydrogens (primary N) is 1. The molecule has 5 heteroatoms. The van der Waals surface area contributed by atoms with E-state index in [-0.39, 0.29) is 17.4 Å². The first-order chi connectivity index (χ1) is 6.18. The van der Waals surface area contributed by atoms with Gasteiger partial charge in [-0.1, -0.05) is 0 Å². The van der Waals surface area contributed by atoms with E-state index < -0.39 is 5.97 Å². The third kappa shape index (κ3) is 1.44. The maximum atomic E-state index is 10.7. The molecule has 0 saturated heterocycles. The summed E-state index contributed by atoms with van der Waals surface area (Å²) in [4.78, 5) is 18.3. The Kier molecular flexibility index (Phi) is 1.65. The van der Waals surface area contributed by atoms with Crippen molar-refractivity contribution < 1.29 is 9.90 Å². The van der Waals surface area contributed by atoms with E-state index in [1.54, 1.807) is 0 Å². The number of aromatic nitrogens is 2.